The number of hydrogen-bond donors (Lipinski definition) is 1. The first-order chi connectivity index (χ1) is 16.5. The molecule has 1 unspecified atom stereocenters. The van der Waals surface area contributed by atoms with Gasteiger partial charge >= 0.3 is 0 Å². The van der Waals surface area contributed by atoms with Crippen molar-refractivity contribution in [3.8, 4) is 0 Å². The van der Waals surface area contributed by atoms with Crippen molar-refractivity contribution in [2.45, 2.75) is 37.9 Å². The molecule has 0 aliphatic carbocycles. The molecule has 1 fully saturated rings. The summed E-state index contributed by atoms with van der Waals surface area (Å²) in [6.07, 6.45) is 0. The molecule has 1 saturated heterocycles. The molecule has 0 bridgehead atoms. The number of imidazole rings is 1. The fourth-order valence-electron chi connectivity index (χ4n) is 4.73. The van der Waals surface area contributed by atoms with E-state index in [9.17, 15) is 8.42 Å². The molecule has 0 radical (unpaired) electrons. The molecule has 0 amide bonds. The van der Waals surface area contributed by atoms with Crippen LogP contribution in [0.15, 0.2) is 65.6 Å². The number of aryl methyl sites for hydroxylation is 1. The summed E-state index contributed by atoms with van der Waals surface area (Å²) in [7, 11) is -3.56. The zero-order valence-corrected chi connectivity index (χ0v) is 20.4. The van der Waals surface area contributed by atoms with Crippen LogP contribution in [0.25, 0.3) is 21.8 Å². The topological polar surface area (TPSA) is 76.5 Å². The number of nitrogens with zero attached hydrogens (tertiary/aromatic N) is 3. The summed E-state index contributed by atoms with van der Waals surface area (Å²) in [6.45, 7) is 7.19. The molecule has 1 aliphatic rings. The van der Waals surface area contributed by atoms with E-state index in [-0.39, 0.29) is 10.9 Å². The number of fused-ring (bicyclic) bond motifs is 2. The second kappa shape index (κ2) is 9.46. The molecule has 3 aromatic carbocycles. The Morgan fingerprint density at radius 2 is 1.82 bits per heavy atom. The summed E-state index contributed by atoms with van der Waals surface area (Å²) < 4.78 is 35.1. The van der Waals surface area contributed by atoms with E-state index >= 15 is 0 Å². The van der Waals surface area contributed by atoms with Gasteiger partial charge in [-0.25, -0.2) is 13.4 Å². The van der Waals surface area contributed by atoms with Gasteiger partial charge in [-0.3, -0.25) is 0 Å². The first-order valence-corrected chi connectivity index (χ1v) is 13.2. The van der Waals surface area contributed by atoms with Crippen LogP contribution in [-0.2, 0) is 27.8 Å². The average molecular weight is 479 g/mol. The maximum absolute atomic E-state index is 13.1. The molecule has 1 atom stereocenters. The minimum Gasteiger partial charge on any atom is -0.379 e. The SMILES string of the molecule is CCn1c(CNC(C)c2cccc3ccccc23)nc2cc(S(=O)(=O)N3CCOCC3)ccc21. The van der Waals surface area contributed by atoms with Crippen LogP contribution in [0.2, 0.25) is 0 Å². The standard InChI is InChI=1S/C26H30N4O3S/c1-3-30-25-12-11-21(34(31,32)29-13-15-33-16-14-29)17-24(25)28-26(30)18-27-19(2)22-10-6-8-20-7-4-5-9-23(20)22/h4-12,17,19,27H,3,13-16,18H2,1-2H3. The average Bonchev–Trinajstić information content (AvgIpc) is 3.24. The monoisotopic (exact) mass is 478 g/mol. The van der Waals surface area contributed by atoms with Crippen LogP contribution in [-0.4, -0.2) is 48.6 Å². The van der Waals surface area contributed by atoms with Crippen LogP contribution in [0.3, 0.4) is 0 Å². The highest BCUT2D eigenvalue weighted by molar-refractivity contribution is 7.89. The number of aromatic nitrogens is 2. The van der Waals surface area contributed by atoms with E-state index in [0.29, 0.717) is 38.4 Å². The molecule has 1 aromatic heterocycles. The van der Waals surface area contributed by atoms with Crippen LogP contribution in [0.5, 0.6) is 0 Å². The van der Waals surface area contributed by atoms with Crippen molar-refractivity contribution in [1.29, 1.82) is 0 Å². The molecule has 5 rings (SSSR count). The lowest BCUT2D eigenvalue weighted by molar-refractivity contribution is 0.0730. The van der Waals surface area contributed by atoms with Gasteiger partial charge in [0.25, 0.3) is 0 Å². The van der Waals surface area contributed by atoms with Crippen LogP contribution in [0, 0.1) is 0 Å². The summed E-state index contributed by atoms with van der Waals surface area (Å²) in [5, 5.41) is 6.08. The first-order valence-electron chi connectivity index (χ1n) is 11.8. The lowest BCUT2D eigenvalue weighted by Crippen LogP contribution is -2.40. The molecule has 0 saturated carbocycles. The van der Waals surface area contributed by atoms with Gasteiger partial charge in [-0.15, -0.1) is 0 Å². The summed E-state index contributed by atoms with van der Waals surface area (Å²) in [5.74, 6) is 0.894. The third-order valence-corrected chi connectivity index (χ3v) is 8.47. The maximum atomic E-state index is 13.1. The second-order valence-corrected chi connectivity index (χ2v) is 10.5. The highest BCUT2D eigenvalue weighted by atomic mass is 32.2. The van der Waals surface area contributed by atoms with Crippen molar-refractivity contribution in [1.82, 2.24) is 19.2 Å². The highest BCUT2D eigenvalue weighted by Gasteiger charge is 2.27. The number of nitrogens with one attached hydrogen (secondary N) is 1. The van der Waals surface area contributed by atoms with E-state index in [2.05, 4.69) is 66.2 Å². The van der Waals surface area contributed by atoms with Gasteiger partial charge < -0.3 is 14.6 Å². The summed E-state index contributed by atoms with van der Waals surface area (Å²) in [4.78, 5) is 5.11. The molecule has 178 valence electrons. The fourth-order valence-corrected chi connectivity index (χ4v) is 6.15. The van der Waals surface area contributed by atoms with Gasteiger partial charge in [0.2, 0.25) is 10.0 Å². The minimum absolute atomic E-state index is 0.133. The Hall–Kier alpha value is -2.78. The van der Waals surface area contributed by atoms with Crippen molar-refractivity contribution < 1.29 is 13.2 Å². The van der Waals surface area contributed by atoms with Gasteiger partial charge in [-0.1, -0.05) is 42.5 Å². The van der Waals surface area contributed by atoms with Crippen LogP contribution < -0.4 is 5.32 Å². The molecular formula is C26H30N4O3S. The molecule has 0 spiro atoms. The molecule has 7 nitrogen and oxygen atoms in total. The largest absolute Gasteiger partial charge is 0.379 e. The number of morpholine rings is 1. The predicted molar refractivity (Wildman–Crippen MR) is 134 cm³/mol. The number of rotatable bonds is 7. The summed E-state index contributed by atoms with van der Waals surface area (Å²) >= 11 is 0. The zero-order chi connectivity index (χ0) is 23.7. The van der Waals surface area contributed by atoms with E-state index in [1.54, 1.807) is 12.1 Å². The third-order valence-electron chi connectivity index (χ3n) is 6.58. The highest BCUT2D eigenvalue weighted by Crippen LogP contribution is 2.26. The Morgan fingerprint density at radius 3 is 2.62 bits per heavy atom. The Labute approximate surface area is 200 Å². The number of benzene rings is 3. The van der Waals surface area contributed by atoms with Crippen molar-refractivity contribution in [2.75, 3.05) is 26.3 Å². The number of ether oxygens (including phenoxy) is 1. The van der Waals surface area contributed by atoms with Gasteiger partial charge in [0.1, 0.15) is 5.82 Å². The lowest BCUT2D eigenvalue weighted by atomic mass is 10.00. The summed E-state index contributed by atoms with van der Waals surface area (Å²) in [6, 6.07) is 20.2. The van der Waals surface area contributed by atoms with Gasteiger partial charge in [-0.2, -0.15) is 4.31 Å². The van der Waals surface area contributed by atoms with Crippen LogP contribution >= 0.6 is 0 Å². The lowest BCUT2D eigenvalue weighted by Gasteiger charge is -2.26. The van der Waals surface area contributed by atoms with Crippen molar-refractivity contribution in [2.24, 2.45) is 0 Å². The molecule has 8 heteroatoms. The Morgan fingerprint density at radius 1 is 1.06 bits per heavy atom. The van der Waals surface area contributed by atoms with E-state index in [1.165, 1.54) is 20.6 Å². The van der Waals surface area contributed by atoms with Crippen LogP contribution in [0.1, 0.15) is 31.3 Å². The Balaban J connectivity index is 1.41. The quantitative estimate of drug-likeness (QED) is 0.433. The molecule has 34 heavy (non-hydrogen) atoms. The van der Waals surface area contributed by atoms with Crippen molar-refractivity contribution in [3.05, 3.63) is 72.1 Å². The smallest absolute Gasteiger partial charge is 0.243 e. The molecular weight excluding hydrogens is 448 g/mol. The van der Waals surface area contributed by atoms with E-state index in [4.69, 9.17) is 9.72 Å². The fraction of sp³-hybridized carbons (Fsp3) is 0.346. The van der Waals surface area contributed by atoms with E-state index < -0.39 is 10.0 Å². The number of hydrogen-bond acceptors (Lipinski definition) is 5. The van der Waals surface area contributed by atoms with Gasteiger partial charge in [-0.05, 0) is 48.4 Å². The van der Waals surface area contributed by atoms with Gasteiger partial charge in [0, 0.05) is 25.7 Å². The molecule has 2 heterocycles. The first kappa shape index (κ1) is 23.0. The van der Waals surface area contributed by atoms with Crippen molar-refractivity contribution >= 4 is 31.8 Å². The molecule has 1 N–H and O–H groups in total. The second-order valence-electron chi connectivity index (χ2n) is 8.61. The minimum atomic E-state index is -3.56. The van der Waals surface area contributed by atoms with Crippen molar-refractivity contribution in [3.63, 3.8) is 0 Å². The normalized spacial score (nSPS) is 16.3. The molecule has 1 aliphatic heterocycles. The van der Waals surface area contributed by atoms with E-state index in [0.717, 1.165) is 17.9 Å². The Bertz CT molecular complexity index is 1420. The molecule has 4 aromatic rings. The zero-order valence-electron chi connectivity index (χ0n) is 19.6. The van der Waals surface area contributed by atoms with Gasteiger partial charge in [0.05, 0.1) is 35.7 Å². The van der Waals surface area contributed by atoms with Crippen LogP contribution in [0.4, 0.5) is 0 Å². The Kier molecular flexibility index (Phi) is 6.40. The van der Waals surface area contributed by atoms with E-state index in [1.807, 2.05) is 6.07 Å². The number of sulfonamides is 1. The summed E-state index contributed by atoms with van der Waals surface area (Å²) in [5.41, 5.74) is 2.89. The maximum Gasteiger partial charge on any atom is 0.243 e. The third kappa shape index (κ3) is 4.22. The predicted octanol–water partition coefficient (Wildman–Crippen LogP) is 4.08. The van der Waals surface area contributed by atoms with Gasteiger partial charge in [0.15, 0.2) is 0 Å².